The molecule has 30 heavy (non-hydrogen) atoms. The number of hydrogen-bond donors (Lipinski definition) is 2. The molecule has 0 radical (unpaired) electrons. The summed E-state index contributed by atoms with van der Waals surface area (Å²) >= 11 is 6.17. The van der Waals surface area contributed by atoms with Crippen LogP contribution in [0.2, 0.25) is 5.02 Å². The Morgan fingerprint density at radius 1 is 1.27 bits per heavy atom. The highest BCUT2D eigenvalue weighted by Gasteiger charge is 2.21. The normalized spacial score (nSPS) is 13.9. The van der Waals surface area contributed by atoms with Crippen molar-refractivity contribution in [1.82, 2.24) is 14.3 Å². The monoisotopic (exact) mass is 429 g/mol. The first-order valence-corrected chi connectivity index (χ1v) is 10.5. The zero-order valence-corrected chi connectivity index (χ0v) is 17.3. The molecule has 3 aromatic rings. The third-order valence-corrected chi connectivity index (χ3v) is 5.54. The summed E-state index contributed by atoms with van der Waals surface area (Å²) in [4.78, 5) is 25.9. The fourth-order valence-corrected chi connectivity index (χ4v) is 3.71. The van der Waals surface area contributed by atoms with E-state index in [-0.39, 0.29) is 30.7 Å². The van der Waals surface area contributed by atoms with Crippen LogP contribution in [0, 0.1) is 0 Å². The largest absolute Gasteiger partial charge is 0.492 e. The van der Waals surface area contributed by atoms with E-state index in [2.05, 4.69) is 5.32 Å². The van der Waals surface area contributed by atoms with Crippen LogP contribution in [0.5, 0.6) is 5.75 Å². The number of carbonyl (C=O) groups is 1. The van der Waals surface area contributed by atoms with Gasteiger partial charge in [-0.05, 0) is 31.4 Å². The summed E-state index contributed by atoms with van der Waals surface area (Å²) in [7, 11) is 0. The number of fused-ring (bicyclic) bond motifs is 1. The van der Waals surface area contributed by atoms with Gasteiger partial charge in [0.2, 0.25) is 5.91 Å². The van der Waals surface area contributed by atoms with Gasteiger partial charge in [0.05, 0.1) is 18.5 Å². The van der Waals surface area contributed by atoms with Crippen molar-refractivity contribution in [2.75, 3.05) is 13.2 Å². The average molecular weight is 430 g/mol. The lowest BCUT2D eigenvalue weighted by Gasteiger charge is -2.26. The van der Waals surface area contributed by atoms with E-state index in [1.807, 2.05) is 12.1 Å². The number of amides is 1. The summed E-state index contributed by atoms with van der Waals surface area (Å²) in [6, 6.07) is 9.05. The Bertz CT molecular complexity index is 1120. The van der Waals surface area contributed by atoms with Gasteiger partial charge in [0, 0.05) is 41.9 Å². The summed E-state index contributed by atoms with van der Waals surface area (Å²) in [6.07, 6.45) is 7.11. The van der Waals surface area contributed by atoms with Gasteiger partial charge in [0.25, 0.3) is 5.56 Å². The van der Waals surface area contributed by atoms with Crippen LogP contribution in [0.25, 0.3) is 16.8 Å². The number of halogens is 1. The number of aliphatic hydroxyl groups excluding tert-OH is 1. The van der Waals surface area contributed by atoms with Crippen molar-refractivity contribution in [2.45, 2.75) is 38.3 Å². The fourth-order valence-electron chi connectivity index (χ4n) is 3.52. The smallest absolute Gasteiger partial charge is 0.275 e. The second-order valence-corrected chi connectivity index (χ2v) is 7.94. The number of aliphatic hydroxyl groups is 1. The van der Waals surface area contributed by atoms with Gasteiger partial charge >= 0.3 is 0 Å². The number of aromatic nitrogens is 2. The fraction of sp³-hybridized carbons (Fsp3) is 0.364. The number of carbonyl (C=O) groups excluding carboxylic acids is 1. The Morgan fingerprint density at radius 2 is 2.10 bits per heavy atom. The number of nitrogens with zero attached hydrogens (tertiary/aromatic N) is 2. The standard InChI is InChI=1S/C22H24ClN3O4/c23-16-5-1-4-15(10-16)20-13-25-12-18(30-9-3-8-27)11-19(25)22(29)26(20)14-21(28)24-17-6-2-7-17/h1,4-5,10-13,17,27H,2-3,6-9,14H2,(H,24,28). The van der Waals surface area contributed by atoms with Crippen molar-refractivity contribution in [3.05, 3.63) is 58.1 Å². The topological polar surface area (TPSA) is 85.0 Å². The third-order valence-electron chi connectivity index (χ3n) is 5.30. The second kappa shape index (κ2) is 8.93. The number of rotatable bonds is 8. The lowest BCUT2D eigenvalue weighted by Crippen LogP contribution is -2.42. The van der Waals surface area contributed by atoms with Crippen LogP contribution in [0.4, 0.5) is 0 Å². The molecule has 1 fully saturated rings. The number of nitrogens with one attached hydrogen (secondary N) is 1. The van der Waals surface area contributed by atoms with Crippen LogP contribution in [0.1, 0.15) is 25.7 Å². The summed E-state index contributed by atoms with van der Waals surface area (Å²) in [6.45, 7) is 0.321. The minimum absolute atomic E-state index is 0.0369. The van der Waals surface area contributed by atoms with E-state index in [0.29, 0.717) is 35.0 Å². The van der Waals surface area contributed by atoms with Gasteiger partial charge in [-0.15, -0.1) is 0 Å². The number of ether oxygens (including phenoxy) is 1. The molecule has 0 atom stereocenters. The SMILES string of the molecule is O=C(Cn1c(-c2cccc(Cl)c2)cn2cc(OCCCO)cc2c1=O)NC1CCC1. The van der Waals surface area contributed by atoms with Gasteiger partial charge in [-0.3, -0.25) is 14.2 Å². The van der Waals surface area contributed by atoms with Gasteiger partial charge in [-0.1, -0.05) is 23.7 Å². The van der Waals surface area contributed by atoms with E-state index in [1.54, 1.807) is 35.0 Å². The van der Waals surface area contributed by atoms with Crippen molar-refractivity contribution < 1.29 is 14.6 Å². The van der Waals surface area contributed by atoms with Crippen LogP contribution in [0.3, 0.4) is 0 Å². The Labute approximate surface area is 178 Å². The second-order valence-electron chi connectivity index (χ2n) is 7.51. The highest BCUT2D eigenvalue weighted by Crippen LogP contribution is 2.24. The molecule has 0 saturated heterocycles. The van der Waals surface area contributed by atoms with Gasteiger partial charge in [0.1, 0.15) is 17.8 Å². The van der Waals surface area contributed by atoms with Crippen LogP contribution < -0.4 is 15.6 Å². The summed E-state index contributed by atoms with van der Waals surface area (Å²) < 4.78 is 8.80. The minimum atomic E-state index is -0.284. The van der Waals surface area contributed by atoms with E-state index < -0.39 is 0 Å². The van der Waals surface area contributed by atoms with Gasteiger partial charge in [-0.25, -0.2) is 0 Å². The Balaban J connectivity index is 1.74. The maximum absolute atomic E-state index is 13.3. The zero-order chi connectivity index (χ0) is 21.1. The molecular formula is C22H24ClN3O4. The van der Waals surface area contributed by atoms with Gasteiger partial charge in [0.15, 0.2) is 0 Å². The molecule has 0 aliphatic heterocycles. The number of benzene rings is 1. The van der Waals surface area contributed by atoms with Crippen molar-refractivity contribution in [2.24, 2.45) is 0 Å². The van der Waals surface area contributed by atoms with Gasteiger partial charge in [-0.2, -0.15) is 0 Å². The Hall–Kier alpha value is -2.77. The molecule has 1 aromatic carbocycles. The molecule has 1 aliphatic rings. The highest BCUT2D eigenvalue weighted by atomic mass is 35.5. The van der Waals surface area contributed by atoms with Crippen molar-refractivity contribution >= 4 is 23.0 Å². The quantitative estimate of drug-likeness (QED) is 0.539. The molecule has 1 amide bonds. The van der Waals surface area contributed by atoms with Crippen molar-refractivity contribution in [3.8, 4) is 17.0 Å². The van der Waals surface area contributed by atoms with E-state index in [4.69, 9.17) is 21.4 Å². The molecule has 158 valence electrons. The van der Waals surface area contributed by atoms with E-state index in [9.17, 15) is 9.59 Å². The molecule has 2 aromatic heterocycles. The van der Waals surface area contributed by atoms with Crippen LogP contribution in [-0.4, -0.2) is 39.2 Å². The summed E-state index contributed by atoms with van der Waals surface area (Å²) in [5, 5.41) is 12.5. The lowest BCUT2D eigenvalue weighted by molar-refractivity contribution is -0.122. The molecule has 4 rings (SSSR count). The molecule has 0 bridgehead atoms. The Kier molecular flexibility index (Phi) is 6.11. The van der Waals surface area contributed by atoms with Crippen LogP contribution >= 0.6 is 11.6 Å². The summed E-state index contributed by atoms with van der Waals surface area (Å²) in [5.41, 5.74) is 1.47. The predicted octanol–water partition coefficient (Wildman–Crippen LogP) is 2.85. The molecule has 7 nitrogen and oxygen atoms in total. The van der Waals surface area contributed by atoms with Crippen LogP contribution in [-0.2, 0) is 11.3 Å². The van der Waals surface area contributed by atoms with Crippen molar-refractivity contribution in [3.63, 3.8) is 0 Å². The molecule has 1 saturated carbocycles. The van der Waals surface area contributed by atoms with Crippen LogP contribution in [0.15, 0.2) is 47.5 Å². The molecule has 1 aliphatic carbocycles. The zero-order valence-electron chi connectivity index (χ0n) is 16.5. The van der Waals surface area contributed by atoms with E-state index in [1.165, 1.54) is 4.57 Å². The van der Waals surface area contributed by atoms with E-state index >= 15 is 0 Å². The first-order valence-electron chi connectivity index (χ1n) is 10.1. The average Bonchev–Trinajstić information content (AvgIpc) is 3.10. The first-order chi connectivity index (χ1) is 14.5. The van der Waals surface area contributed by atoms with Crippen molar-refractivity contribution in [1.29, 1.82) is 0 Å². The summed E-state index contributed by atoms with van der Waals surface area (Å²) in [5.74, 6) is 0.356. The molecule has 2 N–H and O–H groups in total. The molecule has 0 unspecified atom stereocenters. The highest BCUT2D eigenvalue weighted by molar-refractivity contribution is 6.30. The third kappa shape index (κ3) is 4.37. The number of hydrogen-bond acceptors (Lipinski definition) is 4. The van der Waals surface area contributed by atoms with Gasteiger partial charge < -0.3 is 19.6 Å². The lowest BCUT2D eigenvalue weighted by atomic mass is 9.93. The molecule has 2 heterocycles. The minimum Gasteiger partial charge on any atom is -0.492 e. The molecule has 0 spiro atoms. The first kappa shape index (κ1) is 20.5. The predicted molar refractivity (Wildman–Crippen MR) is 115 cm³/mol. The van der Waals surface area contributed by atoms with E-state index in [0.717, 1.165) is 24.8 Å². The maximum Gasteiger partial charge on any atom is 0.275 e. The molecule has 8 heteroatoms. The maximum atomic E-state index is 13.3. The molecular weight excluding hydrogens is 406 g/mol. The Morgan fingerprint density at radius 3 is 2.80 bits per heavy atom.